The molecule has 3 aromatic carbocycles. The Morgan fingerprint density at radius 2 is 1.57 bits per heavy atom. The van der Waals surface area contributed by atoms with E-state index in [1.54, 1.807) is 6.08 Å². The standard InChI is InChI=1S/C20H16O/c1-15-6-10-18(11-7-15)20(21)13-9-16-8-12-17-4-2-3-5-19(17)14-16/h2-14H,1H3/b13-9+. The lowest BCUT2D eigenvalue weighted by Crippen LogP contribution is -1.93. The van der Waals surface area contributed by atoms with Gasteiger partial charge in [0.15, 0.2) is 5.78 Å². The molecule has 0 radical (unpaired) electrons. The number of aryl methyl sites for hydroxylation is 1. The van der Waals surface area contributed by atoms with Crippen LogP contribution in [0, 0.1) is 6.92 Å². The van der Waals surface area contributed by atoms with Gasteiger partial charge in [0.25, 0.3) is 0 Å². The van der Waals surface area contributed by atoms with Crippen molar-refractivity contribution in [2.75, 3.05) is 0 Å². The summed E-state index contributed by atoms with van der Waals surface area (Å²) in [6.45, 7) is 2.01. The quantitative estimate of drug-likeness (QED) is 0.482. The second-order valence-corrected chi connectivity index (χ2v) is 5.17. The fourth-order valence-electron chi connectivity index (χ4n) is 2.30. The number of allylic oxidation sites excluding steroid dienone is 1. The number of ketones is 1. The molecule has 0 fully saturated rings. The molecule has 3 aromatic rings. The minimum Gasteiger partial charge on any atom is -0.289 e. The fourth-order valence-corrected chi connectivity index (χ4v) is 2.30. The van der Waals surface area contributed by atoms with Gasteiger partial charge in [-0.1, -0.05) is 72.3 Å². The van der Waals surface area contributed by atoms with Crippen molar-refractivity contribution >= 4 is 22.6 Å². The highest BCUT2D eigenvalue weighted by atomic mass is 16.1. The van der Waals surface area contributed by atoms with E-state index in [1.807, 2.05) is 55.5 Å². The summed E-state index contributed by atoms with van der Waals surface area (Å²) in [6, 6.07) is 22.0. The zero-order valence-corrected chi connectivity index (χ0v) is 11.9. The molecular formula is C20H16O. The van der Waals surface area contributed by atoms with Gasteiger partial charge in [0.05, 0.1) is 0 Å². The van der Waals surface area contributed by atoms with Gasteiger partial charge in [-0.3, -0.25) is 4.79 Å². The van der Waals surface area contributed by atoms with Crippen LogP contribution in [0.25, 0.3) is 16.8 Å². The van der Waals surface area contributed by atoms with Crippen molar-refractivity contribution in [2.24, 2.45) is 0 Å². The lowest BCUT2D eigenvalue weighted by molar-refractivity contribution is 0.104. The highest BCUT2D eigenvalue weighted by Gasteiger charge is 2.00. The molecule has 21 heavy (non-hydrogen) atoms. The molecule has 0 aliphatic heterocycles. The Balaban J connectivity index is 1.83. The molecule has 0 spiro atoms. The number of rotatable bonds is 3. The van der Waals surface area contributed by atoms with Crippen LogP contribution in [0.4, 0.5) is 0 Å². The molecule has 1 heteroatoms. The Hall–Kier alpha value is -2.67. The van der Waals surface area contributed by atoms with E-state index in [1.165, 1.54) is 10.8 Å². The predicted molar refractivity (Wildman–Crippen MR) is 88.5 cm³/mol. The molecule has 0 atom stereocenters. The summed E-state index contributed by atoms with van der Waals surface area (Å²) in [5, 5.41) is 2.39. The molecule has 0 heterocycles. The van der Waals surface area contributed by atoms with Crippen molar-refractivity contribution in [3.8, 4) is 0 Å². The summed E-state index contributed by atoms with van der Waals surface area (Å²) in [5.74, 6) is 0.0307. The van der Waals surface area contributed by atoms with Crippen LogP contribution in [0.5, 0.6) is 0 Å². The number of hydrogen-bond donors (Lipinski definition) is 0. The maximum atomic E-state index is 12.1. The minimum atomic E-state index is 0.0307. The van der Waals surface area contributed by atoms with Crippen LogP contribution >= 0.6 is 0 Å². The number of benzene rings is 3. The van der Waals surface area contributed by atoms with E-state index in [-0.39, 0.29) is 5.78 Å². The SMILES string of the molecule is Cc1ccc(C(=O)/C=C/c2ccc3ccccc3c2)cc1. The van der Waals surface area contributed by atoms with Crippen molar-refractivity contribution in [3.05, 3.63) is 89.5 Å². The molecule has 102 valence electrons. The highest BCUT2D eigenvalue weighted by molar-refractivity contribution is 6.07. The third kappa shape index (κ3) is 3.09. The second kappa shape index (κ2) is 5.76. The Morgan fingerprint density at radius 3 is 2.33 bits per heavy atom. The number of hydrogen-bond acceptors (Lipinski definition) is 1. The van der Waals surface area contributed by atoms with Gasteiger partial charge in [0.1, 0.15) is 0 Å². The van der Waals surface area contributed by atoms with Gasteiger partial charge in [0, 0.05) is 5.56 Å². The largest absolute Gasteiger partial charge is 0.289 e. The van der Waals surface area contributed by atoms with Gasteiger partial charge in [0.2, 0.25) is 0 Å². The van der Waals surface area contributed by atoms with E-state index < -0.39 is 0 Å². The average Bonchev–Trinajstić information content (AvgIpc) is 2.53. The first-order chi connectivity index (χ1) is 10.2. The van der Waals surface area contributed by atoms with E-state index in [2.05, 4.69) is 24.3 Å². The molecular weight excluding hydrogens is 256 g/mol. The Morgan fingerprint density at radius 1 is 0.857 bits per heavy atom. The first-order valence-electron chi connectivity index (χ1n) is 7.00. The summed E-state index contributed by atoms with van der Waals surface area (Å²) in [5.41, 5.74) is 2.91. The van der Waals surface area contributed by atoms with E-state index in [9.17, 15) is 4.79 Å². The molecule has 0 aliphatic carbocycles. The van der Waals surface area contributed by atoms with Crippen molar-refractivity contribution in [1.29, 1.82) is 0 Å². The molecule has 0 bridgehead atoms. The first-order valence-corrected chi connectivity index (χ1v) is 7.00. The van der Waals surface area contributed by atoms with Gasteiger partial charge >= 0.3 is 0 Å². The summed E-state index contributed by atoms with van der Waals surface area (Å²) in [6.07, 6.45) is 3.50. The molecule has 1 nitrogen and oxygen atoms in total. The zero-order valence-electron chi connectivity index (χ0n) is 11.9. The third-order valence-electron chi connectivity index (χ3n) is 3.54. The molecule has 3 rings (SSSR count). The second-order valence-electron chi connectivity index (χ2n) is 5.17. The van der Waals surface area contributed by atoms with E-state index >= 15 is 0 Å². The molecule has 0 unspecified atom stereocenters. The van der Waals surface area contributed by atoms with Gasteiger partial charge in [-0.2, -0.15) is 0 Å². The lowest BCUT2D eigenvalue weighted by Gasteiger charge is -2.00. The lowest BCUT2D eigenvalue weighted by atomic mass is 10.0. The van der Waals surface area contributed by atoms with Gasteiger partial charge in [-0.05, 0) is 35.4 Å². The van der Waals surface area contributed by atoms with E-state index in [0.29, 0.717) is 0 Å². The third-order valence-corrected chi connectivity index (χ3v) is 3.54. The summed E-state index contributed by atoms with van der Waals surface area (Å²) >= 11 is 0. The molecule has 0 saturated carbocycles. The van der Waals surface area contributed by atoms with Crippen LogP contribution in [-0.4, -0.2) is 5.78 Å². The molecule has 0 N–H and O–H groups in total. The molecule has 0 aromatic heterocycles. The Kier molecular flexibility index (Phi) is 3.65. The van der Waals surface area contributed by atoms with Gasteiger partial charge in [-0.25, -0.2) is 0 Å². The van der Waals surface area contributed by atoms with Crippen LogP contribution in [0.2, 0.25) is 0 Å². The number of carbonyl (C=O) groups excluding carboxylic acids is 1. The zero-order chi connectivity index (χ0) is 14.7. The smallest absolute Gasteiger partial charge is 0.185 e. The normalized spacial score (nSPS) is 11.1. The van der Waals surface area contributed by atoms with Crippen LogP contribution in [0.1, 0.15) is 21.5 Å². The maximum absolute atomic E-state index is 12.1. The molecule has 0 saturated heterocycles. The van der Waals surface area contributed by atoms with Crippen LogP contribution in [-0.2, 0) is 0 Å². The number of fused-ring (bicyclic) bond motifs is 1. The van der Waals surface area contributed by atoms with Crippen molar-refractivity contribution in [1.82, 2.24) is 0 Å². The van der Waals surface area contributed by atoms with Gasteiger partial charge < -0.3 is 0 Å². The fraction of sp³-hybridized carbons (Fsp3) is 0.0500. The minimum absolute atomic E-state index is 0.0307. The predicted octanol–water partition coefficient (Wildman–Crippen LogP) is 5.04. The number of carbonyl (C=O) groups is 1. The Bertz CT molecular complexity index is 811. The average molecular weight is 272 g/mol. The first kappa shape index (κ1) is 13.3. The van der Waals surface area contributed by atoms with Crippen LogP contribution < -0.4 is 0 Å². The summed E-state index contributed by atoms with van der Waals surface area (Å²) < 4.78 is 0. The Labute approximate surface area is 124 Å². The van der Waals surface area contributed by atoms with Crippen LogP contribution in [0.3, 0.4) is 0 Å². The highest BCUT2D eigenvalue weighted by Crippen LogP contribution is 2.16. The van der Waals surface area contributed by atoms with Crippen molar-refractivity contribution in [2.45, 2.75) is 6.92 Å². The topological polar surface area (TPSA) is 17.1 Å². The maximum Gasteiger partial charge on any atom is 0.185 e. The summed E-state index contributed by atoms with van der Waals surface area (Å²) in [4.78, 5) is 12.1. The summed E-state index contributed by atoms with van der Waals surface area (Å²) in [7, 11) is 0. The monoisotopic (exact) mass is 272 g/mol. The van der Waals surface area contributed by atoms with Crippen molar-refractivity contribution in [3.63, 3.8) is 0 Å². The molecule has 0 amide bonds. The van der Waals surface area contributed by atoms with E-state index in [0.717, 1.165) is 16.7 Å². The van der Waals surface area contributed by atoms with Gasteiger partial charge in [-0.15, -0.1) is 0 Å². The van der Waals surface area contributed by atoms with E-state index in [4.69, 9.17) is 0 Å². The molecule has 0 aliphatic rings. The van der Waals surface area contributed by atoms with Crippen molar-refractivity contribution < 1.29 is 4.79 Å². The van der Waals surface area contributed by atoms with Crippen LogP contribution in [0.15, 0.2) is 72.8 Å².